The molecule has 2 aliphatic rings. The van der Waals surface area contributed by atoms with E-state index < -0.39 is 0 Å². The Morgan fingerprint density at radius 3 is 2.91 bits per heavy atom. The molecule has 3 N–H and O–H groups in total. The fraction of sp³-hybridized carbons (Fsp3) is 0.520. The molecule has 10 heteroatoms. The smallest absolute Gasteiger partial charge is 0.407 e. The first-order valence-electron chi connectivity index (χ1n) is 12.3. The molecule has 1 saturated heterocycles. The highest BCUT2D eigenvalue weighted by Crippen LogP contribution is 2.36. The van der Waals surface area contributed by atoms with Crippen molar-refractivity contribution in [3.05, 3.63) is 41.9 Å². The Morgan fingerprint density at radius 1 is 1.20 bits per heavy atom. The molecule has 0 aromatic carbocycles. The molecule has 1 aliphatic heterocycles. The summed E-state index contributed by atoms with van der Waals surface area (Å²) in [6.07, 6.45) is 6.73. The van der Waals surface area contributed by atoms with Gasteiger partial charge in [0.25, 0.3) is 0 Å². The number of nitrogens with zero attached hydrogens (tertiary/aromatic N) is 3. The SMILES string of the molecule is CC(C)NC(=O)O[C@@H]1CC[C@H](c2cc(Nc3nccc4c(COC5CCOC5)ccnc34)n[nH]2)C1. The van der Waals surface area contributed by atoms with E-state index in [4.69, 9.17) is 14.2 Å². The third kappa shape index (κ3) is 5.71. The molecule has 186 valence electrons. The standard InChI is InChI=1S/C25H32N6O4/c1-15(2)28-25(32)35-18-4-3-16(11-18)21-12-22(31-30-21)29-24-23-20(6-9-27-24)17(5-8-26-23)13-34-19-7-10-33-14-19/h5-6,8-9,12,15-16,18-19H,3-4,7,10-11,13-14H2,1-2H3,(H,28,32)(H2,27,29,30,31)/t16-,18+,19?/m0/s1. The first-order valence-corrected chi connectivity index (χ1v) is 12.3. The Balaban J connectivity index is 1.24. The van der Waals surface area contributed by atoms with Gasteiger partial charge in [-0.2, -0.15) is 5.10 Å². The monoisotopic (exact) mass is 480 g/mol. The van der Waals surface area contributed by atoms with E-state index in [9.17, 15) is 4.79 Å². The molecular weight excluding hydrogens is 448 g/mol. The van der Waals surface area contributed by atoms with Gasteiger partial charge in [-0.3, -0.25) is 10.1 Å². The van der Waals surface area contributed by atoms with Crippen LogP contribution in [0.5, 0.6) is 0 Å². The molecule has 0 bridgehead atoms. The lowest BCUT2D eigenvalue weighted by Crippen LogP contribution is -2.33. The lowest BCUT2D eigenvalue weighted by Gasteiger charge is -2.14. The van der Waals surface area contributed by atoms with Gasteiger partial charge in [0.2, 0.25) is 0 Å². The summed E-state index contributed by atoms with van der Waals surface area (Å²) in [4.78, 5) is 21.0. The number of alkyl carbamates (subject to hydrolysis) is 1. The average Bonchev–Trinajstić information content (AvgIpc) is 3.60. The molecule has 0 radical (unpaired) electrons. The van der Waals surface area contributed by atoms with Gasteiger partial charge in [-0.15, -0.1) is 0 Å². The molecule has 0 spiro atoms. The minimum Gasteiger partial charge on any atom is -0.446 e. The van der Waals surface area contributed by atoms with Gasteiger partial charge in [-0.1, -0.05) is 0 Å². The molecule has 1 amide bonds. The van der Waals surface area contributed by atoms with Gasteiger partial charge in [-0.05, 0) is 57.2 Å². The highest BCUT2D eigenvalue weighted by Gasteiger charge is 2.30. The minimum absolute atomic E-state index is 0.0589. The van der Waals surface area contributed by atoms with Crippen LogP contribution in [0.2, 0.25) is 0 Å². The molecule has 3 atom stereocenters. The third-order valence-corrected chi connectivity index (χ3v) is 6.46. The van der Waals surface area contributed by atoms with Gasteiger partial charge in [0.15, 0.2) is 11.6 Å². The molecule has 3 aromatic rings. The van der Waals surface area contributed by atoms with Crippen molar-refractivity contribution in [2.75, 3.05) is 18.5 Å². The number of nitrogens with one attached hydrogen (secondary N) is 3. The van der Waals surface area contributed by atoms with Crippen molar-refractivity contribution < 1.29 is 19.0 Å². The second-order valence-electron chi connectivity index (χ2n) is 9.49. The fourth-order valence-electron chi connectivity index (χ4n) is 4.69. The second kappa shape index (κ2) is 10.6. The van der Waals surface area contributed by atoms with Crippen LogP contribution in [-0.4, -0.2) is 57.7 Å². The fourth-order valence-corrected chi connectivity index (χ4v) is 4.69. The van der Waals surface area contributed by atoms with E-state index in [1.165, 1.54) is 0 Å². The number of carbonyl (C=O) groups is 1. The minimum atomic E-state index is -0.353. The van der Waals surface area contributed by atoms with E-state index >= 15 is 0 Å². The number of amides is 1. The van der Waals surface area contributed by atoms with Crippen LogP contribution in [0, 0.1) is 0 Å². The van der Waals surface area contributed by atoms with Crippen LogP contribution in [0.25, 0.3) is 10.9 Å². The van der Waals surface area contributed by atoms with Crippen molar-refractivity contribution in [2.45, 2.75) is 70.3 Å². The van der Waals surface area contributed by atoms with Crippen LogP contribution in [0.1, 0.15) is 56.7 Å². The van der Waals surface area contributed by atoms with E-state index in [-0.39, 0.29) is 30.3 Å². The zero-order valence-corrected chi connectivity index (χ0v) is 20.1. The Labute approximate surface area is 204 Å². The van der Waals surface area contributed by atoms with Crippen LogP contribution in [-0.2, 0) is 20.8 Å². The maximum atomic E-state index is 11.9. The number of H-pyrrole nitrogens is 1. The summed E-state index contributed by atoms with van der Waals surface area (Å²) in [6, 6.07) is 5.99. The molecule has 2 fully saturated rings. The number of rotatable bonds is 8. The van der Waals surface area contributed by atoms with Crippen molar-refractivity contribution in [1.29, 1.82) is 0 Å². The zero-order valence-electron chi connectivity index (χ0n) is 20.1. The average molecular weight is 481 g/mol. The van der Waals surface area contributed by atoms with Gasteiger partial charge < -0.3 is 24.8 Å². The van der Waals surface area contributed by atoms with Crippen LogP contribution >= 0.6 is 0 Å². The summed E-state index contributed by atoms with van der Waals surface area (Å²) in [5, 5.41) is 14.7. The predicted octanol–water partition coefficient (Wildman–Crippen LogP) is 4.17. The van der Waals surface area contributed by atoms with Crippen molar-refractivity contribution in [3.63, 3.8) is 0 Å². The summed E-state index contributed by atoms with van der Waals surface area (Å²) >= 11 is 0. The van der Waals surface area contributed by atoms with Crippen LogP contribution < -0.4 is 10.6 Å². The summed E-state index contributed by atoms with van der Waals surface area (Å²) in [5.41, 5.74) is 2.85. The Hall–Kier alpha value is -3.24. The Morgan fingerprint density at radius 2 is 2.09 bits per heavy atom. The molecule has 1 aliphatic carbocycles. The summed E-state index contributed by atoms with van der Waals surface area (Å²) in [6.45, 7) is 5.74. The maximum absolute atomic E-state index is 11.9. The van der Waals surface area contributed by atoms with Crippen molar-refractivity contribution in [3.8, 4) is 0 Å². The van der Waals surface area contributed by atoms with Crippen molar-refractivity contribution in [2.24, 2.45) is 0 Å². The van der Waals surface area contributed by atoms with E-state index in [0.29, 0.717) is 24.8 Å². The highest BCUT2D eigenvalue weighted by atomic mass is 16.6. The number of anilines is 2. The van der Waals surface area contributed by atoms with E-state index in [2.05, 4.69) is 30.8 Å². The van der Waals surface area contributed by atoms with Crippen molar-refractivity contribution in [1.82, 2.24) is 25.5 Å². The number of pyridine rings is 2. The number of fused-ring (bicyclic) bond motifs is 1. The first-order chi connectivity index (χ1) is 17.0. The number of ether oxygens (including phenoxy) is 3. The van der Waals surface area contributed by atoms with Gasteiger partial charge in [0, 0.05) is 48.1 Å². The summed E-state index contributed by atoms with van der Waals surface area (Å²) in [7, 11) is 0. The Bertz CT molecular complexity index is 1160. The number of hydrogen-bond donors (Lipinski definition) is 3. The molecular formula is C25H32N6O4. The quantitative estimate of drug-likeness (QED) is 0.439. The van der Waals surface area contributed by atoms with Crippen LogP contribution in [0.15, 0.2) is 30.6 Å². The van der Waals surface area contributed by atoms with Gasteiger partial charge in [-0.25, -0.2) is 9.78 Å². The topological polar surface area (TPSA) is 123 Å². The molecule has 4 heterocycles. The van der Waals surface area contributed by atoms with E-state index in [1.54, 1.807) is 12.4 Å². The van der Waals surface area contributed by atoms with E-state index in [0.717, 1.165) is 54.5 Å². The van der Waals surface area contributed by atoms with Gasteiger partial charge in [0.1, 0.15) is 11.6 Å². The predicted molar refractivity (Wildman–Crippen MR) is 131 cm³/mol. The lowest BCUT2D eigenvalue weighted by atomic mass is 10.0. The number of aromatic amines is 1. The molecule has 3 aromatic heterocycles. The number of hydrogen-bond acceptors (Lipinski definition) is 8. The van der Waals surface area contributed by atoms with Crippen LogP contribution in [0.3, 0.4) is 0 Å². The van der Waals surface area contributed by atoms with Gasteiger partial charge >= 0.3 is 6.09 Å². The molecule has 1 unspecified atom stereocenters. The third-order valence-electron chi connectivity index (χ3n) is 6.46. The van der Waals surface area contributed by atoms with Crippen molar-refractivity contribution >= 4 is 28.6 Å². The summed E-state index contributed by atoms with van der Waals surface area (Å²) in [5.74, 6) is 1.58. The highest BCUT2D eigenvalue weighted by molar-refractivity contribution is 5.91. The zero-order chi connectivity index (χ0) is 24.2. The number of aromatic nitrogens is 4. The maximum Gasteiger partial charge on any atom is 0.407 e. The van der Waals surface area contributed by atoms with Gasteiger partial charge in [0.05, 0.1) is 19.3 Å². The molecule has 10 nitrogen and oxygen atoms in total. The molecule has 1 saturated carbocycles. The molecule has 5 rings (SSSR count). The lowest BCUT2D eigenvalue weighted by molar-refractivity contribution is 0.0323. The second-order valence-corrected chi connectivity index (χ2v) is 9.49. The normalized spacial score (nSPS) is 22.1. The largest absolute Gasteiger partial charge is 0.446 e. The molecule has 35 heavy (non-hydrogen) atoms. The van der Waals surface area contributed by atoms with E-state index in [1.807, 2.05) is 32.0 Å². The number of carbonyl (C=O) groups excluding carboxylic acids is 1. The first kappa shape index (κ1) is 23.5. The Kier molecular flexibility index (Phi) is 7.10. The van der Waals surface area contributed by atoms with Crippen LogP contribution in [0.4, 0.5) is 16.4 Å². The summed E-state index contributed by atoms with van der Waals surface area (Å²) < 4.78 is 17.0.